The molecule has 2 aromatic rings. The highest BCUT2D eigenvalue weighted by Crippen LogP contribution is 2.39. The molecule has 3 nitrogen and oxygen atoms in total. The number of para-hydroxylation sites is 1. The zero-order chi connectivity index (χ0) is 14.4. The van der Waals surface area contributed by atoms with E-state index in [1.807, 2.05) is 36.4 Å². The van der Waals surface area contributed by atoms with Gasteiger partial charge in [0, 0.05) is 17.0 Å². The third-order valence-corrected chi connectivity index (χ3v) is 4.28. The smallest absolute Gasteiger partial charge is 0.123 e. The van der Waals surface area contributed by atoms with Crippen LogP contribution in [-0.2, 0) is 0 Å². The van der Waals surface area contributed by atoms with Crippen LogP contribution in [0.4, 0.5) is 0 Å². The van der Waals surface area contributed by atoms with E-state index in [9.17, 15) is 0 Å². The number of thioether (sulfide) groups is 1. The van der Waals surface area contributed by atoms with Gasteiger partial charge in [0.2, 0.25) is 0 Å². The number of hydrogen-bond donors (Lipinski definition) is 1. The predicted octanol–water partition coefficient (Wildman–Crippen LogP) is 3.50. The van der Waals surface area contributed by atoms with Gasteiger partial charge in [-0.1, -0.05) is 24.3 Å². The fourth-order valence-corrected chi connectivity index (χ4v) is 3.10. The molecule has 2 rings (SSSR count). The molecule has 0 saturated carbocycles. The average molecular weight is 289 g/mol. The van der Waals surface area contributed by atoms with Crippen LogP contribution in [0.15, 0.2) is 53.4 Å². The molecule has 0 aromatic heterocycles. The second-order valence-corrected chi connectivity index (χ2v) is 5.54. The summed E-state index contributed by atoms with van der Waals surface area (Å²) in [4.78, 5) is 1.13. The predicted molar refractivity (Wildman–Crippen MR) is 83.6 cm³/mol. The molecule has 0 radical (unpaired) electrons. The zero-order valence-electron chi connectivity index (χ0n) is 11.7. The van der Waals surface area contributed by atoms with Crippen molar-refractivity contribution in [1.29, 1.82) is 0 Å². The topological polar surface area (TPSA) is 44.5 Å². The molecule has 0 spiro atoms. The van der Waals surface area contributed by atoms with Gasteiger partial charge < -0.3 is 15.2 Å². The van der Waals surface area contributed by atoms with Crippen LogP contribution in [0.1, 0.15) is 10.8 Å². The van der Waals surface area contributed by atoms with Gasteiger partial charge in [0.05, 0.1) is 19.5 Å². The molecule has 2 aromatic carbocycles. The number of methoxy groups -OCH3 is 2. The summed E-state index contributed by atoms with van der Waals surface area (Å²) in [5, 5.41) is 0.151. The van der Waals surface area contributed by atoms with Gasteiger partial charge in [-0.25, -0.2) is 0 Å². The van der Waals surface area contributed by atoms with Gasteiger partial charge in [-0.2, -0.15) is 0 Å². The van der Waals surface area contributed by atoms with Crippen LogP contribution in [0.25, 0.3) is 0 Å². The monoisotopic (exact) mass is 289 g/mol. The Balaban J connectivity index is 2.24. The van der Waals surface area contributed by atoms with E-state index in [1.165, 1.54) is 0 Å². The van der Waals surface area contributed by atoms with E-state index in [2.05, 4.69) is 12.1 Å². The van der Waals surface area contributed by atoms with Gasteiger partial charge in [0.1, 0.15) is 11.5 Å². The van der Waals surface area contributed by atoms with E-state index in [-0.39, 0.29) is 5.25 Å². The van der Waals surface area contributed by atoms with Gasteiger partial charge >= 0.3 is 0 Å². The fourth-order valence-electron chi connectivity index (χ4n) is 2.01. The molecule has 0 saturated heterocycles. The standard InChI is InChI=1S/C16H19NO2S/c1-18-12-6-5-7-13(10-12)20-16(11-17)14-8-3-4-9-15(14)19-2/h3-10,16H,11,17H2,1-2H3. The summed E-state index contributed by atoms with van der Waals surface area (Å²) in [6.07, 6.45) is 0. The SMILES string of the molecule is COc1cccc(SC(CN)c2ccccc2OC)c1. The largest absolute Gasteiger partial charge is 0.497 e. The van der Waals surface area contributed by atoms with Crippen molar-refractivity contribution in [2.45, 2.75) is 10.1 Å². The molecule has 0 heterocycles. The van der Waals surface area contributed by atoms with Crippen molar-refractivity contribution < 1.29 is 9.47 Å². The molecule has 1 unspecified atom stereocenters. The maximum absolute atomic E-state index is 5.94. The van der Waals surface area contributed by atoms with E-state index in [1.54, 1.807) is 26.0 Å². The average Bonchev–Trinajstić information content (AvgIpc) is 2.52. The van der Waals surface area contributed by atoms with Crippen LogP contribution < -0.4 is 15.2 Å². The Hall–Kier alpha value is -1.65. The molecule has 0 aliphatic rings. The molecular weight excluding hydrogens is 270 g/mol. The summed E-state index contributed by atoms with van der Waals surface area (Å²) in [6, 6.07) is 16.0. The van der Waals surface area contributed by atoms with Crippen LogP contribution in [0.5, 0.6) is 11.5 Å². The van der Waals surface area contributed by atoms with Crippen molar-refractivity contribution in [3.8, 4) is 11.5 Å². The van der Waals surface area contributed by atoms with Crippen LogP contribution in [0, 0.1) is 0 Å². The molecule has 0 aliphatic carbocycles. The molecule has 0 amide bonds. The van der Waals surface area contributed by atoms with Crippen LogP contribution in [0.3, 0.4) is 0 Å². The number of nitrogens with two attached hydrogens (primary N) is 1. The first-order valence-corrected chi connectivity index (χ1v) is 7.30. The Morgan fingerprint density at radius 2 is 1.85 bits per heavy atom. The lowest BCUT2D eigenvalue weighted by molar-refractivity contribution is 0.409. The van der Waals surface area contributed by atoms with E-state index in [0.717, 1.165) is 22.0 Å². The van der Waals surface area contributed by atoms with E-state index in [0.29, 0.717) is 6.54 Å². The lowest BCUT2D eigenvalue weighted by atomic mass is 10.1. The molecule has 2 N–H and O–H groups in total. The second kappa shape index (κ2) is 7.22. The first kappa shape index (κ1) is 14.8. The number of ether oxygens (including phenoxy) is 2. The highest BCUT2D eigenvalue weighted by Gasteiger charge is 2.16. The number of benzene rings is 2. The summed E-state index contributed by atoms with van der Waals surface area (Å²) in [5.74, 6) is 1.73. The van der Waals surface area contributed by atoms with Crippen molar-refractivity contribution in [2.75, 3.05) is 20.8 Å². The third kappa shape index (κ3) is 3.46. The van der Waals surface area contributed by atoms with Gasteiger partial charge in [0.25, 0.3) is 0 Å². The first-order valence-electron chi connectivity index (χ1n) is 6.42. The van der Waals surface area contributed by atoms with E-state index < -0.39 is 0 Å². The molecule has 0 bridgehead atoms. The minimum absolute atomic E-state index is 0.151. The van der Waals surface area contributed by atoms with Crippen molar-refractivity contribution in [2.24, 2.45) is 5.73 Å². The maximum Gasteiger partial charge on any atom is 0.123 e. The fraction of sp³-hybridized carbons (Fsp3) is 0.250. The van der Waals surface area contributed by atoms with E-state index >= 15 is 0 Å². The Morgan fingerprint density at radius 1 is 1.05 bits per heavy atom. The minimum atomic E-state index is 0.151. The van der Waals surface area contributed by atoms with Crippen molar-refractivity contribution in [1.82, 2.24) is 0 Å². The lowest BCUT2D eigenvalue weighted by Gasteiger charge is -2.18. The summed E-state index contributed by atoms with van der Waals surface area (Å²) in [7, 11) is 3.35. The number of hydrogen-bond acceptors (Lipinski definition) is 4. The molecule has 20 heavy (non-hydrogen) atoms. The van der Waals surface area contributed by atoms with Crippen LogP contribution >= 0.6 is 11.8 Å². The molecular formula is C16H19NO2S. The molecule has 4 heteroatoms. The summed E-state index contributed by atoms with van der Waals surface area (Å²) in [6.45, 7) is 0.544. The third-order valence-electron chi connectivity index (χ3n) is 3.02. The first-order chi connectivity index (χ1) is 9.78. The number of rotatable bonds is 6. The normalized spacial score (nSPS) is 11.9. The van der Waals surface area contributed by atoms with Gasteiger partial charge in [-0.15, -0.1) is 11.8 Å². The quantitative estimate of drug-likeness (QED) is 0.827. The highest BCUT2D eigenvalue weighted by molar-refractivity contribution is 7.99. The Morgan fingerprint density at radius 3 is 2.55 bits per heavy atom. The lowest BCUT2D eigenvalue weighted by Crippen LogP contribution is -2.10. The summed E-state index contributed by atoms with van der Waals surface area (Å²) in [5.41, 5.74) is 7.06. The molecule has 106 valence electrons. The Bertz CT molecular complexity index is 560. The Labute approximate surface area is 124 Å². The molecule has 0 aliphatic heterocycles. The molecule has 1 atom stereocenters. The van der Waals surface area contributed by atoms with Crippen LogP contribution in [-0.4, -0.2) is 20.8 Å². The van der Waals surface area contributed by atoms with Gasteiger partial charge in [-0.3, -0.25) is 0 Å². The van der Waals surface area contributed by atoms with Crippen molar-refractivity contribution in [3.05, 3.63) is 54.1 Å². The van der Waals surface area contributed by atoms with Crippen molar-refractivity contribution in [3.63, 3.8) is 0 Å². The van der Waals surface area contributed by atoms with E-state index in [4.69, 9.17) is 15.2 Å². The van der Waals surface area contributed by atoms with Crippen LogP contribution in [0.2, 0.25) is 0 Å². The highest BCUT2D eigenvalue weighted by atomic mass is 32.2. The zero-order valence-corrected chi connectivity index (χ0v) is 12.5. The molecule has 0 fully saturated rings. The Kier molecular flexibility index (Phi) is 5.32. The van der Waals surface area contributed by atoms with Gasteiger partial charge in [0.15, 0.2) is 0 Å². The van der Waals surface area contributed by atoms with Crippen molar-refractivity contribution >= 4 is 11.8 Å². The summed E-state index contributed by atoms with van der Waals surface area (Å²) < 4.78 is 10.7. The maximum atomic E-state index is 5.94. The summed E-state index contributed by atoms with van der Waals surface area (Å²) >= 11 is 1.72. The van der Waals surface area contributed by atoms with Gasteiger partial charge in [-0.05, 0) is 24.3 Å². The second-order valence-electron chi connectivity index (χ2n) is 4.26. The minimum Gasteiger partial charge on any atom is -0.497 e.